The second-order valence-corrected chi connectivity index (χ2v) is 7.12. The van der Waals surface area contributed by atoms with Crippen molar-refractivity contribution in [1.29, 1.82) is 0 Å². The van der Waals surface area contributed by atoms with Gasteiger partial charge in [0.1, 0.15) is 18.1 Å². The predicted octanol–water partition coefficient (Wildman–Crippen LogP) is -3.85. The molecule has 1 rings (SSSR count). The third kappa shape index (κ3) is 9.61. The summed E-state index contributed by atoms with van der Waals surface area (Å²) in [5.41, 5.74) is 5.90. The Balaban J connectivity index is 3.05. The lowest BCUT2D eigenvalue weighted by Gasteiger charge is -2.24. The summed E-state index contributed by atoms with van der Waals surface area (Å²) in [6.45, 7) is -0.958. The molecule has 34 heavy (non-hydrogen) atoms. The maximum atomic E-state index is 12.9. The number of carboxylic acids is 3. The lowest BCUT2D eigenvalue weighted by molar-refractivity contribution is -0.144. The van der Waals surface area contributed by atoms with Crippen molar-refractivity contribution in [2.24, 2.45) is 5.73 Å². The fraction of sp³-hybridized carbons (Fsp3) is 0.500. The van der Waals surface area contributed by atoms with Crippen molar-refractivity contribution in [2.45, 2.75) is 49.9 Å². The maximum absolute atomic E-state index is 12.9. The molecule has 0 aliphatic rings. The zero-order valence-corrected chi connectivity index (χ0v) is 17.8. The van der Waals surface area contributed by atoms with Crippen LogP contribution in [0, 0.1) is 0 Å². The molecule has 10 N–H and O–H groups in total. The highest BCUT2D eigenvalue weighted by atomic mass is 16.4. The summed E-state index contributed by atoms with van der Waals surface area (Å²) in [6, 6.07) is -6.11. The number of carbonyl (C=O) groups excluding carboxylic acids is 3. The molecular weight excluding hydrogens is 460 g/mol. The van der Waals surface area contributed by atoms with E-state index in [0.29, 0.717) is 5.69 Å². The lowest BCUT2D eigenvalue weighted by Crippen LogP contribution is -2.58. The van der Waals surface area contributed by atoms with Crippen molar-refractivity contribution < 1.29 is 49.2 Å². The largest absolute Gasteiger partial charge is 0.481 e. The Morgan fingerprint density at radius 3 is 2.00 bits per heavy atom. The van der Waals surface area contributed by atoms with Gasteiger partial charge >= 0.3 is 17.9 Å². The molecule has 0 fully saturated rings. The Hall–Kier alpha value is -4.05. The normalized spacial score (nSPS) is 14.2. The smallest absolute Gasteiger partial charge is 0.328 e. The van der Waals surface area contributed by atoms with Gasteiger partial charge in [-0.3, -0.25) is 24.0 Å². The Kier molecular flexibility index (Phi) is 11.1. The zero-order valence-electron chi connectivity index (χ0n) is 17.8. The summed E-state index contributed by atoms with van der Waals surface area (Å²) in [5, 5.41) is 42.3. The van der Waals surface area contributed by atoms with Gasteiger partial charge in [0.25, 0.3) is 0 Å². The summed E-state index contributed by atoms with van der Waals surface area (Å²) in [4.78, 5) is 76.9. The second-order valence-electron chi connectivity index (χ2n) is 7.12. The predicted molar refractivity (Wildman–Crippen MR) is 110 cm³/mol. The number of carboxylic acid groups (broad SMARTS) is 3. The molecule has 4 unspecified atom stereocenters. The minimum absolute atomic E-state index is 0.182. The van der Waals surface area contributed by atoms with Gasteiger partial charge < -0.3 is 47.1 Å². The van der Waals surface area contributed by atoms with E-state index in [9.17, 15) is 28.8 Å². The van der Waals surface area contributed by atoms with E-state index < -0.39 is 85.7 Å². The molecule has 0 radical (unpaired) electrons. The fourth-order valence-corrected chi connectivity index (χ4v) is 2.65. The SMILES string of the molecule is NC(CC(=O)O)C(=O)NC(Cc1cnc[nH]1)C(=O)NC(CCC(=O)O)C(=O)NC(CO)C(=O)O. The number of hydrogen-bond acceptors (Lipinski definition) is 9. The van der Waals surface area contributed by atoms with Gasteiger partial charge in [-0.05, 0) is 6.42 Å². The molecule has 188 valence electrons. The van der Waals surface area contributed by atoms with E-state index in [4.69, 9.17) is 26.2 Å². The van der Waals surface area contributed by atoms with Crippen LogP contribution in [-0.2, 0) is 35.2 Å². The van der Waals surface area contributed by atoms with Gasteiger partial charge in [-0.2, -0.15) is 0 Å². The van der Waals surface area contributed by atoms with Gasteiger partial charge in [0.2, 0.25) is 17.7 Å². The van der Waals surface area contributed by atoms with Crippen molar-refractivity contribution in [2.75, 3.05) is 6.61 Å². The maximum Gasteiger partial charge on any atom is 0.328 e. The number of nitrogens with one attached hydrogen (secondary N) is 4. The van der Waals surface area contributed by atoms with E-state index in [2.05, 4.69) is 20.6 Å². The van der Waals surface area contributed by atoms with Gasteiger partial charge in [0.05, 0.1) is 25.4 Å². The summed E-state index contributed by atoms with van der Waals surface area (Å²) in [5.74, 6) is -7.22. The van der Waals surface area contributed by atoms with E-state index in [1.165, 1.54) is 12.5 Å². The third-order valence-corrected chi connectivity index (χ3v) is 4.42. The van der Waals surface area contributed by atoms with E-state index >= 15 is 0 Å². The first-order valence-electron chi connectivity index (χ1n) is 9.85. The van der Waals surface area contributed by atoms with Crippen molar-refractivity contribution in [3.8, 4) is 0 Å². The number of nitrogens with zero attached hydrogens (tertiary/aromatic N) is 1. The van der Waals surface area contributed by atoms with Crippen molar-refractivity contribution in [3.63, 3.8) is 0 Å². The number of carbonyl (C=O) groups is 6. The number of amides is 3. The van der Waals surface area contributed by atoms with Gasteiger partial charge in [-0.15, -0.1) is 0 Å². The van der Waals surface area contributed by atoms with Gasteiger partial charge in [0.15, 0.2) is 0 Å². The summed E-state index contributed by atoms with van der Waals surface area (Å²) >= 11 is 0. The summed E-state index contributed by atoms with van der Waals surface area (Å²) in [6.07, 6.45) is 0.734. The summed E-state index contributed by atoms with van der Waals surface area (Å²) in [7, 11) is 0. The van der Waals surface area contributed by atoms with E-state index in [-0.39, 0.29) is 6.42 Å². The summed E-state index contributed by atoms with van der Waals surface area (Å²) < 4.78 is 0. The van der Waals surface area contributed by atoms with Crippen LogP contribution in [0.3, 0.4) is 0 Å². The highest BCUT2D eigenvalue weighted by molar-refractivity contribution is 5.95. The molecule has 0 aromatic carbocycles. The number of hydrogen-bond donors (Lipinski definition) is 9. The van der Waals surface area contributed by atoms with Crippen LogP contribution in [0.1, 0.15) is 25.0 Å². The number of aliphatic carboxylic acids is 3. The number of aromatic nitrogens is 2. The molecule has 0 aliphatic carbocycles. The minimum atomic E-state index is -1.70. The molecule has 0 spiro atoms. The van der Waals surface area contributed by atoms with Crippen molar-refractivity contribution in [1.82, 2.24) is 25.9 Å². The van der Waals surface area contributed by atoms with E-state index in [1.807, 2.05) is 5.32 Å². The average molecular weight is 486 g/mol. The van der Waals surface area contributed by atoms with Crippen LogP contribution in [0.4, 0.5) is 0 Å². The molecule has 3 amide bonds. The Labute approximate surface area is 191 Å². The van der Waals surface area contributed by atoms with E-state index in [0.717, 1.165) is 0 Å². The molecule has 0 bridgehead atoms. The lowest BCUT2D eigenvalue weighted by atomic mass is 10.1. The molecule has 0 aliphatic heterocycles. The van der Waals surface area contributed by atoms with Gasteiger partial charge in [-0.1, -0.05) is 0 Å². The Morgan fingerprint density at radius 1 is 0.912 bits per heavy atom. The molecular formula is C18H26N6O10. The first kappa shape index (κ1) is 28.0. The number of nitrogens with two attached hydrogens (primary N) is 1. The van der Waals surface area contributed by atoms with Crippen LogP contribution >= 0.6 is 0 Å². The number of aliphatic hydroxyl groups is 1. The topological polar surface area (TPSA) is 274 Å². The molecule has 1 aromatic rings. The molecule has 1 aromatic heterocycles. The molecule has 4 atom stereocenters. The molecule has 16 nitrogen and oxygen atoms in total. The Bertz CT molecular complexity index is 890. The molecule has 16 heteroatoms. The monoisotopic (exact) mass is 486 g/mol. The number of H-pyrrole nitrogens is 1. The Morgan fingerprint density at radius 2 is 1.50 bits per heavy atom. The molecule has 0 saturated carbocycles. The zero-order chi connectivity index (χ0) is 25.8. The van der Waals surface area contributed by atoms with Crippen LogP contribution < -0.4 is 21.7 Å². The fourth-order valence-electron chi connectivity index (χ4n) is 2.65. The number of aliphatic hydroxyl groups excluding tert-OH is 1. The third-order valence-electron chi connectivity index (χ3n) is 4.42. The van der Waals surface area contributed by atoms with Crippen LogP contribution in [0.25, 0.3) is 0 Å². The molecule has 0 saturated heterocycles. The van der Waals surface area contributed by atoms with Crippen LogP contribution in [0.5, 0.6) is 0 Å². The minimum Gasteiger partial charge on any atom is -0.481 e. The van der Waals surface area contributed by atoms with Crippen molar-refractivity contribution >= 4 is 35.6 Å². The van der Waals surface area contributed by atoms with Crippen LogP contribution in [0.15, 0.2) is 12.5 Å². The van der Waals surface area contributed by atoms with Gasteiger partial charge in [0, 0.05) is 24.7 Å². The van der Waals surface area contributed by atoms with Crippen LogP contribution in [-0.4, -0.2) is 96.8 Å². The first-order valence-corrected chi connectivity index (χ1v) is 9.85. The highest BCUT2D eigenvalue weighted by Gasteiger charge is 2.31. The van der Waals surface area contributed by atoms with Crippen LogP contribution in [0.2, 0.25) is 0 Å². The highest BCUT2D eigenvalue weighted by Crippen LogP contribution is 2.04. The quantitative estimate of drug-likeness (QED) is 0.115. The average Bonchev–Trinajstić information content (AvgIpc) is 3.26. The van der Waals surface area contributed by atoms with E-state index in [1.54, 1.807) is 0 Å². The standard InChI is InChI=1S/C18H26N6O10/c19-9(4-14(28)29)15(30)23-11(3-8-5-20-7-21-8)17(32)22-10(1-2-13(26)27)16(31)24-12(6-25)18(33)34/h5,7,9-12,25H,1-4,6,19H2,(H,20,21)(H,22,32)(H,23,30)(H,24,31)(H,26,27)(H,28,29)(H,33,34). The second kappa shape index (κ2) is 13.5. The first-order chi connectivity index (χ1) is 15.9. The molecule has 1 heterocycles. The number of imidazole rings is 1. The number of aromatic amines is 1. The van der Waals surface area contributed by atoms with Gasteiger partial charge in [-0.25, -0.2) is 9.78 Å². The number of rotatable bonds is 15. The van der Waals surface area contributed by atoms with Crippen molar-refractivity contribution in [3.05, 3.63) is 18.2 Å².